The molecule has 0 bridgehead atoms. The molecule has 0 aromatic heterocycles. The normalized spacial score (nSPS) is 20.7. The fraction of sp³-hybridized carbons (Fsp3) is 0.208. The molecule has 0 saturated carbocycles. The SMILES string of the molecule is CCN1CC2=C(OC(N)=C(C#N)C2c2ccccc2Cl)/C(=C/c2ccccc2Cl)C1. The Bertz CT molecular complexity index is 1130. The summed E-state index contributed by atoms with van der Waals surface area (Å²) in [6.45, 7) is 4.33. The average Bonchev–Trinajstić information content (AvgIpc) is 2.75. The Labute approximate surface area is 186 Å². The molecule has 2 aliphatic heterocycles. The lowest BCUT2D eigenvalue weighted by Gasteiger charge is -2.38. The van der Waals surface area contributed by atoms with E-state index in [4.69, 9.17) is 33.7 Å². The number of likely N-dealkylation sites (N-methyl/N-ethyl adjacent to an activating group) is 1. The third-order valence-corrected chi connectivity index (χ3v) is 6.19. The van der Waals surface area contributed by atoms with Crippen LogP contribution in [0.5, 0.6) is 0 Å². The van der Waals surface area contributed by atoms with Crippen LogP contribution in [0.25, 0.3) is 6.08 Å². The number of benzene rings is 2. The summed E-state index contributed by atoms with van der Waals surface area (Å²) in [6, 6.07) is 17.5. The van der Waals surface area contributed by atoms with Crippen molar-refractivity contribution in [1.29, 1.82) is 5.26 Å². The zero-order valence-electron chi connectivity index (χ0n) is 16.5. The summed E-state index contributed by atoms with van der Waals surface area (Å²) >= 11 is 12.9. The number of hydrogen-bond donors (Lipinski definition) is 1. The van der Waals surface area contributed by atoms with Crippen LogP contribution in [0, 0.1) is 11.3 Å². The molecule has 2 aromatic carbocycles. The fourth-order valence-corrected chi connectivity index (χ4v) is 4.44. The third kappa shape index (κ3) is 3.73. The first-order valence-electron chi connectivity index (χ1n) is 9.76. The van der Waals surface area contributed by atoms with Gasteiger partial charge in [0.25, 0.3) is 0 Å². The highest BCUT2D eigenvalue weighted by Crippen LogP contribution is 2.45. The zero-order chi connectivity index (χ0) is 21.3. The maximum absolute atomic E-state index is 9.86. The van der Waals surface area contributed by atoms with Crippen LogP contribution in [-0.4, -0.2) is 24.5 Å². The second kappa shape index (κ2) is 8.57. The van der Waals surface area contributed by atoms with E-state index in [0.29, 0.717) is 34.5 Å². The number of ether oxygens (including phenoxy) is 1. The van der Waals surface area contributed by atoms with Crippen LogP contribution in [0.15, 0.2) is 76.9 Å². The molecule has 1 atom stereocenters. The molecule has 0 amide bonds. The van der Waals surface area contributed by atoms with E-state index in [2.05, 4.69) is 17.9 Å². The first-order valence-corrected chi connectivity index (χ1v) is 10.5. The van der Waals surface area contributed by atoms with Crippen LogP contribution >= 0.6 is 23.2 Å². The first-order chi connectivity index (χ1) is 14.5. The molecule has 6 heteroatoms. The molecule has 30 heavy (non-hydrogen) atoms. The lowest BCUT2D eigenvalue weighted by molar-refractivity contribution is 0.239. The molecular weight excluding hydrogens is 417 g/mol. The number of halogens is 2. The summed E-state index contributed by atoms with van der Waals surface area (Å²) in [7, 11) is 0. The standard InChI is InChI=1S/C24H21Cl2N3O/c1-2-29-13-16(11-15-7-3-5-9-20(15)25)23-19(14-29)22(18(12-27)24(28)30-23)17-8-4-6-10-21(17)26/h3-11,22H,2,13-14,28H2,1H3/b16-11+. The van der Waals surface area contributed by atoms with E-state index in [9.17, 15) is 5.26 Å². The van der Waals surface area contributed by atoms with Crippen LogP contribution in [0.2, 0.25) is 10.0 Å². The predicted molar refractivity (Wildman–Crippen MR) is 121 cm³/mol. The van der Waals surface area contributed by atoms with Crippen molar-refractivity contribution in [2.75, 3.05) is 19.6 Å². The van der Waals surface area contributed by atoms with Gasteiger partial charge in [0.15, 0.2) is 0 Å². The summed E-state index contributed by atoms with van der Waals surface area (Å²) in [4.78, 5) is 2.30. The first kappa shape index (κ1) is 20.6. The van der Waals surface area contributed by atoms with Crippen LogP contribution < -0.4 is 5.73 Å². The van der Waals surface area contributed by atoms with E-state index in [1.807, 2.05) is 54.6 Å². The second-order valence-corrected chi connectivity index (χ2v) is 8.11. The highest BCUT2D eigenvalue weighted by Gasteiger charge is 2.38. The lowest BCUT2D eigenvalue weighted by Crippen LogP contribution is -2.38. The van der Waals surface area contributed by atoms with Crippen LogP contribution in [0.3, 0.4) is 0 Å². The van der Waals surface area contributed by atoms with Crippen molar-refractivity contribution < 1.29 is 4.74 Å². The largest absolute Gasteiger partial charge is 0.440 e. The smallest absolute Gasteiger partial charge is 0.205 e. The minimum absolute atomic E-state index is 0.121. The van der Waals surface area contributed by atoms with Gasteiger partial charge < -0.3 is 10.5 Å². The summed E-state index contributed by atoms with van der Waals surface area (Å²) < 4.78 is 6.04. The highest BCUT2D eigenvalue weighted by atomic mass is 35.5. The quantitative estimate of drug-likeness (QED) is 0.690. The minimum atomic E-state index is -0.351. The number of nitrogens with zero attached hydrogens (tertiary/aromatic N) is 2. The molecule has 152 valence electrons. The van der Waals surface area contributed by atoms with Crippen LogP contribution in [-0.2, 0) is 4.74 Å². The number of nitriles is 1. The van der Waals surface area contributed by atoms with Gasteiger partial charge in [-0.05, 0) is 41.5 Å². The highest BCUT2D eigenvalue weighted by molar-refractivity contribution is 6.32. The van der Waals surface area contributed by atoms with E-state index in [1.54, 1.807) is 0 Å². The molecule has 2 aromatic rings. The van der Waals surface area contributed by atoms with Gasteiger partial charge >= 0.3 is 0 Å². The Balaban J connectivity index is 1.92. The van der Waals surface area contributed by atoms with Gasteiger partial charge in [-0.2, -0.15) is 5.26 Å². The Morgan fingerprint density at radius 1 is 1.13 bits per heavy atom. The molecule has 2 aliphatic rings. The molecular formula is C24H21Cl2N3O. The monoisotopic (exact) mass is 437 g/mol. The summed E-state index contributed by atoms with van der Waals surface area (Å²) in [5.41, 5.74) is 10.3. The molecule has 0 radical (unpaired) electrons. The van der Waals surface area contributed by atoms with Gasteiger partial charge in [-0.15, -0.1) is 0 Å². The number of allylic oxidation sites excluding steroid dienone is 1. The van der Waals surface area contributed by atoms with E-state index in [1.165, 1.54) is 0 Å². The van der Waals surface area contributed by atoms with Crippen molar-refractivity contribution >= 4 is 29.3 Å². The molecule has 2 N–H and O–H groups in total. The van der Waals surface area contributed by atoms with Gasteiger partial charge in [0.05, 0.1) is 5.92 Å². The molecule has 0 saturated heterocycles. The van der Waals surface area contributed by atoms with E-state index in [0.717, 1.165) is 28.8 Å². The van der Waals surface area contributed by atoms with Gasteiger partial charge in [-0.1, -0.05) is 66.5 Å². The second-order valence-electron chi connectivity index (χ2n) is 7.30. The van der Waals surface area contributed by atoms with Gasteiger partial charge in [0.1, 0.15) is 17.4 Å². The van der Waals surface area contributed by atoms with Gasteiger partial charge in [0.2, 0.25) is 5.88 Å². The number of rotatable bonds is 3. The maximum Gasteiger partial charge on any atom is 0.205 e. The molecule has 4 rings (SSSR count). The molecule has 2 heterocycles. The van der Waals surface area contributed by atoms with Gasteiger partial charge in [-0.25, -0.2) is 0 Å². The van der Waals surface area contributed by atoms with Crippen LogP contribution in [0.1, 0.15) is 24.0 Å². The fourth-order valence-electron chi connectivity index (χ4n) is 4.01. The number of hydrogen-bond acceptors (Lipinski definition) is 4. The van der Waals surface area contributed by atoms with E-state index >= 15 is 0 Å². The van der Waals surface area contributed by atoms with E-state index < -0.39 is 0 Å². The van der Waals surface area contributed by atoms with Crippen LogP contribution in [0.4, 0.5) is 0 Å². The molecule has 1 unspecified atom stereocenters. The van der Waals surface area contributed by atoms with Gasteiger partial charge in [-0.3, -0.25) is 4.90 Å². The maximum atomic E-state index is 9.86. The molecule has 4 nitrogen and oxygen atoms in total. The zero-order valence-corrected chi connectivity index (χ0v) is 18.0. The van der Waals surface area contributed by atoms with Crippen molar-refractivity contribution in [3.05, 3.63) is 98.1 Å². The van der Waals surface area contributed by atoms with Crippen molar-refractivity contribution in [3.8, 4) is 6.07 Å². The Morgan fingerprint density at radius 2 is 1.83 bits per heavy atom. The Morgan fingerprint density at radius 3 is 2.50 bits per heavy atom. The van der Waals surface area contributed by atoms with E-state index in [-0.39, 0.29) is 11.8 Å². The molecule has 0 fully saturated rings. The third-order valence-electron chi connectivity index (χ3n) is 5.50. The average molecular weight is 438 g/mol. The number of nitrogens with two attached hydrogens (primary N) is 1. The van der Waals surface area contributed by atoms with Crippen molar-refractivity contribution in [3.63, 3.8) is 0 Å². The van der Waals surface area contributed by atoms with Crippen molar-refractivity contribution in [2.45, 2.75) is 12.8 Å². The minimum Gasteiger partial charge on any atom is -0.440 e. The lowest BCUT2D eigenvalue weighted by atomic mass is 9.80. The summed E-state index contributed by atoms with van der Waals surface area (Å²) in [5.74, 6) is 0.480. The van der Waals surface area contributed by atoms with Crippen molar-refractivity contribution in [1.82, 2.24) is 4.90 Å². The Kier molecular flexibility index (Phi) is 5.87. The molecule has 0 aliphatic carbocycles. The topological polar surface area (TPSA) is 62.3 Å². The summed E-state index contributed by atoms with van der Waals surface area (Å²) in [6.07, 6.45) is 2.04. The molecule has 0 spiro atoms. The van der Waals surface area contributed by atoms with Gasteiger partial charge in [0, 0.05) is 28.7 Å². The predicted octanol–water partition coefficient (Wildman–Crippen LogP) is 5.47. The summed E-state index contributed by atoms with van der Waals surface area (Å²) in [5, 5.41) is 11.1. The Hall–Kier alpha value is -2.71. The van der Waals surface area contributed by atoms with Crippen molar-refractivity contribution in [2.24, 2.45) is 5.73 Å².